The van der Waals surface area contributed by atoms with Crippen LogP contribution in [0.15, 0.2) is 53.6 Å². The fraction of sp³-hybridized carbons (Fsp3) is 0.125. The Kier molecular flexibility index (Phi) is 4.18. The third kappa shape index (κ3) is 2.93. The van der Waals surface area contributed by atoms with Gasteiger partial charge < -0.3 is 0 Å². The van der Waals surface area contributed by atoms with E-state index in [9.17, 15) is 14.9 Å². The molecule has 0 fully saturated rings. The first kappa shape index (κ1) is 15.9. The summed E-state index contributed by atoms with van der Waals surface area (Å²) in [7, 11) is 0. The van der Waals surface area contributed by atoms with Gasteiger partial charge in [-0.05, 0) is 30.7 Å². The van der Waals surface area contributed by atoms with Crippen molar-refractivity contribution >= 4 is 17.3 Å². The molecule has 0 saturated heterocycles. The molecular weight excluding hydrogens is 332 g/mol. The number of aryl methyl sites for hydroxylation is 1. The molecule has 1 aromatic heterocycles. The van der Waals surface area contributed by atoms with E-state index in [-0.39, 0.29) is 17.9 Å². The summed E-state index contributed by atoms with van der Waals surface area (Å²) in [6, 6.07) is 11.7. The minimum atomic E-state index is -0.433. The van der Waals surface area contributed by atoms with Crippen LogP contribution in [0.4, 0.5) is 5.69 Å². The Labute approximate surface area is 141 Å². The number of para-hydroxylation sites is 1. The van der Waals surface area contributed by atoms with E-state index in [1.807, 2.05) is 0 Å². The predicted molar refractivity (Wildman–Crippen MR) is 89.8 cm³/mol. The molecular formula is C16H13ClN4O3. The average Bonchev–Trinajstić information content (AvgIpc) is 2.88. The monoisotopic (exact) mass is 344 g/mol. The van der Waals surface area contributed by atoms with Crippen molar-refractivity contribution in [2.45, 2.75) is 13.5 Å². The highest BCUT2D eigenvalue weighted by atomic mass is 35.5. The van der Waals surface area contributed by atoms with Crippen LogP contribution in [0.5, 0.6) is 0 Å². The molecule has 8 heteroatoms. The molecule has 2 aromatic carbocycles. The van der Waals surface area contributed by atoms with Gasteiger partial charge in [-0.15, -0.1) is 0 Å². The van der Waals surface area contributed by atoms with Crippen molar-refractivity contribution in [2.24, 2.45) is 0 Å². The molecule has 24 heavy (non-hydrogen) atoms. The summed E-state index contributed by atoms with van der Waals surface area (Å²) < 4.78 is 2.64. The molecule has 0 atom stereocenters. The van der Waals surface area contributed by atoms with E-state index in [1.54, 1.807) is 43.3 Å². The van der Waals surface area contributed by atoms with Gasteiger partial charge in [0.15, 0.2) is 0 Å². The number of aromatic nitrogens is 3. The van der Waals surface area contributed by atoms with Gasteiger partial charge in [-0.1, -0.05) is 29.8 Å². The molecule has 0 amide bonds. The molecule has 0 spiro atoms. The average molecular weight is 345 g/mol. The Morgan fingerprint density at radius 3 is 2.67 bits per heavy atom. The summed E-state index contributed by atoms with van der Waals surface area (Å²) in [6.07, 6.45) is 1.40. The number of nitrogens with zero attached hydrogens (tertiary/aromatic N) is 4. The Hall–Kier alpha value is -2.93. The van der Waals surface area contributed by atoms with Crippen LogP contribution >= 0.6 is 11.6 Å². The van der Waals surface area contributed by atoms with E-state index in [4.69, 9.17) is 11.6 Å². The zero-order valence-corrected chi connectivity index (χ0v) is 13.5. The van der Waals surface area contributed by atoms with Gasteiger partial charge >= 0.3 is 5.69 Å². The standard InChI is InChI=1S/C16H13ClN4O3/c1-11-8-12(6-7-14(11)21(23)24)9-20-16(22)19(10-18-20)15-5-3-2-4-13(15)17/h2-8,10H,9H2,1H3. The van der Waals surface area contributed by atoms with Crippen molar-refractivity contribution in [1.29, 1.82) is 0 Å². The molecule has 0 saturated carbocycles. The van der Waals surface area contributed by atoms with Gasteiger partial charge in [0, 0.05) is 11.6 Å². The van der Waals surface area contributed by atoms with Crippen molar-refractivity contribution < 1.29 is 4.92 Å². The number of hydrogen-bond donors (Lipinski definition) is 0. The minimum absolute atomic E-state index is 0.0488. The Bertz CT molecular complexity index is 977. The van der Waals surface area contributed by atoms with Gasteiger partial charge in [0.2, 0.25) is 0 Å². The smallest absolute Gasteiger partial charge is 0.258 e. The van der Waals surface area contributed by atoms with E-state index >= 15 is 0 Å². The highest BCUT2D eigenvalue weighted by Crippen LogP contribution is 2.20. The summed E-state index contributed by atoms with van der Waals surface area (Å²) in [5.74, 6) is 0. The van der Waals surface area contributed by atoms with Crippen LogP contribution in [0.3, 0.4) is 0 Å². The van der Waals surface area contributed by atoms with E-state index in [0.29, 0.717) is 16.3 Å². The molecule has 0 aliphatic rings. The molecule has 0 bridgehead atoms. The molecule has 0 radical (unpaired) electrons. The highest BCUT2D eigenvalue weighted by molar-refractivity contribution is 6.32. The van der Waals surface area contributed by atoms with Crippen LogP contribution in [-0.4, -0.2) is 19.3 Å². The lowest BCUT2D eigenvalue weighted by Crippen LogP contribution is -2.24. The van der Waals surface area contributed by atoms with Crippen LogP contribution in [-0.2, 0) is 6.54 Å². The molecule has 0 aliphatic carbocycles. The van der Waals surface area contributed by atoms with Crippen molar-refractivity contribution in [1.82, 2.24) is 14.3 Å². The topological polar surface area (TPSA) is 83.0 Å². The normalized spacial score (nSPS) is 10.8. The van der Waals surface area contributed by atoms with Crippen molar-refractivity contribution in [3.63, 3.8) is 0 Å². The van der Waals surface area contributed by atoms with Crippen LogP contribution in [0, 0.1) is 17.0 Å². The fourth-order valence-corrected chi connectivity index (χ4v) is 2.68. The van der Waals surface area contributed by atoms with E-state index < -0.39 is 4.92 Å². The minimum Gasteiger partial charge on any atom is -0.258 e. The second-order valence-electron chi connectivity index (χ2n) is 5.27. The maximum atomic E-state index is 12.5. The first-order valence-electron chi connectivity index (χ1n) is 7.10. The van der Waals surface area contributed by atoms with Gasteiger partial charge in [-0.2, -0.15) is 5.10 Å². The van der Waals surface area contributed by atoms with E-state index in [2.05, 4.69) is 5.10 Å². The lowest BCUT2D eigenvalue weighted by Gasteiger charge is -2.04. The predicted octanol–water partition coefficient (Wildman–Crippen LogP) is 2.95. The third-order valence-electron chi connectivity index (χ3n) is 3.64. The number of hydrogen-bond acceptors (Lipinski definition) is 4. The maximum Gasteiger partial charge on any atom is 0.350 e. The summed E-state index contributed by atoms with van der Waals surface area (Å²) in [4.78, 5) is 22.9. The molecule has 0 N–H and O–H groups in total. The largest absolute Gasteiger partial charge is 0.350 e. The molecule has 0 unspecified atom stereocenters. The first-order valence-corrected chi connectivity index (χ1v) is 7.48. The quantitative estimate of drug-likeness (QED) is 0.538. The summed E-state index contributed by atoms with van der Waals surface area (Å²) in [5, 5.41) is 15.4. The number of nitro groups is 1. The summed E-state index contributed by atoms with van der Waals surface area (Å²) >= 11 is 6.11. The Balaban J connectivity index is 1.93. The second kappa shape index (κ2) is 6.29. The van der Waals surface area contributed by atoms with Gasteiger partial charge in [0.25, 0.3) is 5.69 Å². The maximum absolute atomic E-state index is 12.5. The second-order valence-corrected chi connectivity index (χ2v) is 5.68. The Morgan fingerprint density at radius 1 is 1.25 bits per heavy atom. The van der Waals surface area contributed by atoms with Crippen molar-refractivity contribution in [2.75, 3.05) is 0 Å². The molecule has 7 nitrogen and oxygen atoms in total. The van der Waals surface area contributed by atoms with Gasteiger partial charge in [-0.3, -0.25) is 10.1 Å². The van der Waals surface area contributed by atoms with Gasteiger partial charge in [0.05, 0.1) is 22.2 Å². The SMILES string of the molecule is Cc1cc(Cn2ncn(-c3ccccc3Cl)c2=O)ccc1[N+](=O)[O-]. The van der Waals surface area contributed by atoms with Gasteiger partial charge in [0.1, 0.15) is 6.33 Å². The van der Waals surface area contributed by atoms with Crippen molar-refractivity contribution in [3.05, 3.63) is 85.5 Å². The number of nitro benzene ring substituents is 1. The molecule has 0 aliphatic heterocycles. The van der Waals surface area contributed by atoms with Crippen LogP contribution in [0.1, 0.15) is 11.1 Å². The summed E-state index contributed by atoms with van der Waals surface area (Å²) in [6.45, 7) is 1.88. The third-order valence-corrected chi connectivity index (χ3v) is 3.96. The van der Waals surface area contributed by atoms with Crippen LogP contribution in [0.2, 0.25) is 5.02 Å². The number of halogens is 1. The molecule has 122 valence electrons. The zero-order valence-electron chi connectivity index (χ0n) is 12.7. The van der Waals surface area contributed by atoms with Crippen LogP contribution < -0.4 is 5.69 Å². The number of rotatable bonds is 4. The molecule has 1 heterocycles. The molecule has 3 aromatic rings. The van der Waals surface area contributed by atoms with Crippen molar-refractivity contribution in [3.8, 4) is 5.69 Å². The Morgan fingerprint density at radius 2 is 2.00 bits per heavy atom. The lowest BCUT2D eigenvalue weighted by molar-refractivity contribution is -0.385. The summed E-state index contributed by atoms with van der Waals surface area (Å²) in [5.41, 5.74) is 1.56. The van der Waals surface area contributed by atoms with E-state index in [0.717, 1.165) is 5.56 Å². The zero-order chi connectivity index (χ0) is 17.3. The lowest BCUT2D eigenvalue weighted by atomic mass is 10.1. The molecule has 3 rings (SSSR count). The highest BCUT2D eigenvalue weighted by Gasteiger charge is 2.13. The fourth-order valence-electron chi connectivity index (χ4n) is 2.45. The van der Waals surface area contributed by atoms with Crippen LogP contribution in [0.25, 0.3) is 5.69 Å². The van der Waals surface area contributed by atoms with Gasteiger partial charge in [-0.25, -0.2) is 14.0 Å². The van der Waals surface area contributed by atoms with E-state index in [1.165, 1.54) is 21.6 Å². The number of benzene rings is 2. The first-order chi connectivity index (χ1) is 11.5.